The lowest BCUT2D eigenvalue weighted by molar-refractivity contribution is -0.147. The van der Waals surface area contributed by atoms with Crippen molar-refractivity contribution in [2.24, 2.45) is 5.92 Å². The topological polar surface area (TPSA) is 41.6 Å². The van der Waals surface area contributed by atoms with Crippen LogP contribution >= 0.6 is 0 Å². The number of piperidine rings is 1. The first-order valence-electron chi connectivity index (χ1n) is 6.35. The average Bonchev–Trinajstić information content (AvgIpc) is 2.36. The Bertz CT molecular complexity index is 258. The fourth-order valence-electron chi connectivity index (χ4n) is 2.17. The van der Waals surface area contributed by atoms with Gasteiger partial charge in [-0.25, -0.2) is 0 Å². The summed E-state index contributed by atoms with van der Waals surface area (Å²) in [5, 5.41) is 3.27. The largest absolute Gasteiger partial charge is 0.469 e. The minimum Gasteiger partial charge on any atom is -0.469 e. The highest BCUT2D eigenvalue weighted by molar-refractivity contribution is 5.72. The predicted octanol–water partition coefficient (Wildman–Crippen LogP) is 1.04. The number of methoxy groups -OCH3 is 1. The van der Waals surface area contributed by atoms with Crippen LogP contribution in [0.3, 0.4) is 0 Å². The number of ether oxygens (including phenoxy) is 1. The third kappa shape index (κ3) is 4.88. The van der Waals surface area contributed by atoms with Crippen LogP contribution in [0.15, 0.2) is 12.2 Å². The molecular formula is C13H24N2O2. The van der Waals surface area contributed by atoms with Gasteiger partial charge in [0.15, 0.2) is 0 Å². The van der Waals surface area contributed by atoms with Crippen LogP contribution in [-0.4, -0.2) is 50.7 Å². The van der Waals surface area contributed by atoms with E-state index in [1.54, 1.807) is 0 Å². The van der Waals surface area contributed by atoms with Gasteiger partial charge < -0.3 is 10.1 Å². The van der Waals surface area contributed by atoms with Crippen LogP contribution < -0.4 is 5.32 Å². The molecule has 0 aromatic heterocycles. The molecule has 0 atom stereocenters. The van der Waals surface area contributed by atoms with Crippen molar-refractivity contribution >= 4 is 5.97 Å². The lowest BCUT2D eigenvalue weighted by Crippen LogP contribution is -2.38. The van der Waals surface area contributed by atoms with Crippen LogP contribution in [-0.2, 0) is 9.53 Å². The molecule has 0 bridgehead atoms. The highest BCUT2D eigenvalue weighted by Gasteiger charge is 2.25. The summed E-state index contributed by atoms with van der Waals surface area (Å²) < 4.78 is 4.77. The molecule has 17 heavy (non-hydrogen) atoms. The van der Waals surface area contributed by atoms with Crippen LogP contribution in [0.1, 0.15) is 19.8 Å². The molecule has 0 aromatic rings. The van der Waals surface area contributed by atoms with Gasteiger partial charge in [0.1, 0.15) is 0 Å². The van der Waals surface area contributed by atoms with Crippen molar-refractivity contribution in [2.75, 3.05) is 39.8 Å². The Hall–Kier alpha value is -0.870. The van der Waals surface area contributed by atoms with Gasteiger partial charge in [-0.1, -0.05) is 13.5 Å². The number of nitrogens with one attached hydrogen (secondary N) is 1. The summed E-state index contributed by atoms with van der Waals surface area (Å²) in [5.41, 5.74) is 1.21. The Morgan fingerprint density at radius 1 is 1.47 bits per heavy atom. The van der Waals surface area contributed by atoms with E-state index in [1.165, 1.54) is 12.7 Å². The molecule has 0 unspecified atom stereocenters. The molecule has 0 amide bonds. The summed E-state index contributed by atoms with van der Waals surface area (Å²) in [6.45, 7) is 10.9. The van der Waals surface area contributed by atoms with Gasteiger partial charge in [0.25, 0.3) is 0 Å². The number of likely N-dealkylation sites (N-methyl/N-ethyl adjacent to an activating group) is 1. The van der Waals surface area contributed by atoms with Crippen molar-refractivity contribution in [2.45, 2.75) is 19.8 Å². The van der Waals surface area contributed by atoms with E-state index in [9.17, 15) is 4.79 Å². The first kappa shape index (κ1) is 14.2. The molecule has 0 aliphatic carbocycles. The van der Waals surface area contributed by atoms with E-state index in [1.807, 2.05) is 0 Å². The monoisotopic (exact) mass is 240 g/mol. The van der Waals surface area contributed by atoms with Crippen molar-refractivity contribution in [1.29, 1.82) is 0 Å². The van der Waals surface area contributed by atoms with Gasteiger partial charge in [0.2, 0.25) is 0 Å². The summed E-state index contributed by atoms with van der Waals surface area (Å²) in [5.74, 6) is 0.0365. The Labute approximate surface area is 104 Å². The molecule has 1 N–H and O–H groups in total. The summed E-state index contributed by atoms with van der Waals surface area (Å²) in [6.07, 6.45) is 1.81. The molecule has 1 saturated heterocycles. The zero-order chi connectivity index (χ0) is 12.7. The maximum Gasteiger partial charge on any atom is 0.308 e. The maximum absolute atomic E-state index is 11.4. The number of esters is 1. The number of nitrogens with zero attached hydrogens (tertiary/aromatic N) is 1. The van der Waals surface area contributed by atoms with Crippen LogP contribution in [0.25, 0.3) is 0 Å². The molecule has 4 heteroatoms. The molecule has 1 aliphatic rings. The summed E-state index contributed by atoms with van der Waals surface area (Å²) in [6, 6.07) is 0. The first-order valence-corrected chi connectivity index (χ1v) is 6.35. The van der Waals surface area contributed by atoms with Gasteiger partial charge in [-0.3, -0.25) is 9.69 Å². The van der Waals surface area contributed by atoms with Gasteiger partial charge in [0, 0.05) is 13.1 Å². The minimum atomic E-state index is -0.0591. The van der Waals surface area contributed by atoms with Gasteiger partial charge in [0.05, 0.1) is 13.0 Å². The predicted molar refractivity (Wildman–Crippen MR) is 68.9 cm³/mol. The number of hydrogen-bond acceptors (Lipinski definition) is 4. The zero-order valence-electron chi connectivity index (χ0n) is 11.0. The first-order chi connectivity index (χ1) is 8.17. The Morgan fingerprint density at radius 3 is 2.65 bits per heavy atom. The van der Waals surface area contributed by atoms with E-state index in [2.05, 4.69) is 23.7 Å². The second-order valence-electron chi connectivity index (χ2n) is 4.60. The van der Waals surface area contributed by atoms with Crippen molar-refractivity contribution in [3.63, 3.8) is 0 Å². The quantitative estimate of drug-likeness (QED) is 0.556. The van der Waals surface area contributed by atoms with Crippen molar-refractivity contribution < 1.29 is 9.53 Å². The summed E-state index contributed by atoms with van der Waals surface area (Å²) in [4.78, 5) is 13.7. The van der Waals surface area contributed by atoms with Gasteiger partial charge in [-0.15, -0.1) is 0 Å². The van der Waals surface area contributed by atoms with Crippen LogP contribution in [0.5, 0.6) is 0 Å². The van der Waals surface area contributed by atoms with E-state index >= 15 is 0 Å². The van der Waals surface area contributed by atoms with Gasteiger partial charge in [-0.05, 0) is 38.0 Å². The lowest BCUT2D eigenvalue weighted by atomic mass is 9.97. The number of rotatable bonds is 6. The molecule has 98 valence electrons. The molecule has 1 fully saturated rings. The Kier molecular flexibility index (Phi) is 6.22. The molecule has 0 aromatic carbocycles. The Morgan fingerprint density at radius 2 is 2.12 bits per heavy atom. The van der Waals surface area contributed by atoms with Crippen LogP contribution in [0.4, 0.5) is 0 Å². The van der Waals surface area contributed by atoms with Crippen LogP contribution in [0, 0.1) is 5.92 Å². The molecule has 4 nitrogen and oxygen atoms in total. The summed E-state index contributed by atoms with van der Waals surface area (Å²) in [7, 11) is 1.47. The molecule has 0 spiro atoms. The van der Waals surface area contributed by atoms with E-state index in [0.29, 0.717) is 0 Å². The van der Waals surface area contributed by atoms with Crippen LogP contribution in [0.2, 0.25) is 0 Å². The van der Waals surface area contributed by atoms with Crippen molar-refractivity contribution in [3.05, 3.63) is 12.2 Å². The second kappa shape index (κ2) is 7.45. The molecule has 1 heterocycles. The number of carbonyl (C=O) groups is 1. The highest BCUT2D eigenvalue weighted by atomic mass is 16.5. The Balaban J connectivity index is 2.23. The number of hydrogen-bond donors (Lipinski definition) is 1. The van der Waals surface area contributed by atoms with E-state index in [-0.39, 0.29) is 11.9 Å². The van der Waals surface area contributed by atoms with E-state index in [4.69, 9.17) is 4.74 Å². The third-order valence-corrected chi connectivity index (χ3v) is 3.19. The molecule has 0 radical (unpaired) electrons. The second-order valence-corrected chi connectivity index (χ2v) is 4.60. The third-order valence-electron chi connectivity index (χ3n) is 3.19. The lowest BCUT2D eigenvalue weighted by Gasteiger charge is -2.31. The molecule has 0 saturated carbocycles. The molecule has 1 aliphatic heterocycles. The van der Waals surface area contributed by atoms with Crippen molar-refractivity contribution in [1.82, 2.24) is 10.2 Å². The number of carbonyl (C=O) groups excluding carboxylic acids is 1. The minimum absolute atomic E-state index is 0.0591. The summed E-state index contributed by atoms with van der Waals surface area (Å²) >= 11 is 0. The number of likely N-dealkylation sites (tertiary alicyclic amines) is 1. The normalized spacial score (nSPS) is 18.0. The average molecular weight is 240 g/mol. The smallest absolute Gasteiger partial charge is 0.308 e. The fourth-order valence-corrected chi connectivity index (χ4v) is 2.17. The fraction of sp³-hybridized carbons (Fsp3) is 0.769. The van der Waals surface area contributed by atoms with Gasteiger partial charge >= 0.3 is 5.97 Å². The highest BCUT2D eigenvalue weighted by Crippen LogP contribution is 2.18. The zero-order valence-corrected chi connectivity index (χ0v) is 11.0. The maximum atomic E-state index is 11.4. The SMILES string of the molecule is C=C(CNCC)CN1CCC(C(=O)OC)CC1. The van der Waals surface area contributed by atoms with Crippen molar-refractivity contribution in [3.8, 4) is 0 Å². The standard InChI is InChI=1S/C13H24N2O2/c1-4-14-9-11(2)10-15-7-5-12(6-8-15)13(16)17-3/h12,14H,2,4-10H2,1,3H3. The van der Waals surface area contributed by atoms with E-state index in [0.717, 1.165) is 45.6 Å². The molecular weight excluding hydrogens is 216 g/mol. The molecule has 1 rings (SSSR count). The van der Waals surface area contributed by atoms with Gasteiger partial charge in [-0.2, -0.15) is 0 Å². The van der Waals surface area contributed by atoms with E-state index < -0.39 is 0 Å².